The van der Waals surface area contributed by atoms with Crippen molar-refractivity contribution < 1.29 is 23.7 Å². The van der Waals surface area contributed by atoms with Crippen LogP contribution in [0.15, 0.2) is 54.6 Å². The Morgan fingerprint density at radius 2 is 1.74 bits per heavy atom. The molecule has 0 N–H and O–H groups in total. The number of hydrogen-bond acceptors (Lipinski definition) is 6. The molecule has 1 aliphatic carbocycles. The highest BCUT2D eigenvalue weighted by Crippen LogP contribution is 2.46. The van der Waals surface area contributed by atoms with Crippen LogP contribution < -0.4 is 4.74 Å². The number of morpholine rings is 1. The summed E-state index contributed by atoms with van der Waals surface area (Å²) in [7, 11) is 0. The fourth-order valence-electron chi connectivity index (χ4n) is 4.31. The van der Waals surface area contributed by atoms with Gasteiger partial charge in [0.25, 0.3) is 0 Å². The standard InChI is InChI=1S/C28H32N2O5/c1-21-25(18-33-19-28(11-12-28)20-35-27(31)30-13-15-32-16-14-30)29-24-10-6-5-9-23(24)26(21)34-17-22-7-3-2-4-8-22/h2-10H,11-20H2,1H3. The van der Waals surface area contributed by atoms with Crippen molar-refractivity contribution in [3.05, 3.63) is 71.4 Å². The molecule has 1 aromatic heterocycles. The molecule has 3 aromatic rings. The highest BCUT2D eigenvalue weighted by molar-refractivity contribution is 5.86. The Labute approximate surface area is 205 Å². The second kappa shape index (κ2) is 10.6. The number of amides is 1. The number of pyridine rings is 1. The molecule has 2 fully saturated rings. The van der Waals surface area contributed by atoms with Crippen LogP contribution in [0.1, 0.15) is 29.7 Å². The molecule has 0 atom stereocenters. The first kappa shape index (κ1) is 23.6. The third kappa shape index (κ3) is 5.74. The molecule has 1 amide bonds. The van der Waals surface area contributed by atoms with E-state index in [1.165, 1.54) is 0 Å². The van der Waals surface area contributed by atoms with Crippen LogP contribution in [0.5, 0.6) is 5.75 Å². The maximum absolute atomic E-state index is 12.3. The molecule has 2 aromatic carbocycles. The maximum Gasteiger partial charge on any atom is 0.409 e. The van der Waals surface area contributed by atoms with Crippen molar-refractivity contribution in [2.75, 3.05) is 39.5 Å². The van der Waals surface area contributed by atoms with E-state index in [4.69, 9.17) is 23.9 Å². The summed E-state index contributed by atoms with van der Waals surface area (Å²) in [6, 6.07) is 18.2. The van der Waals surface area contributed by atoms with Crippen molar-refractivity contribution in [2.45, 2.75) is 33.0 Å². The zero-order chi connectivity index (χ0) is 24.1. The van der Waals surface area contributed by atoms with Crippen molar-refractivity contribution in [1.82, 2.24) is 9.88 Å². The smallest absolute Gasteiger partial charge is 0.409 e. The molecule has 35 heavy (non-hydrogen) atoms. The fourth-order valence-corrected chi connectivity index (χ4v) is 4.31. The van der Waals surface area contributed by atoms with Crippen LogP contribution in [0, 0.1) is 12.3 Å². The Kier molecular flexibility index (Phi) is 7.16. The number of benzene rings is 2. The number of carbonyl (C=O) groups is 1. The molecule has 0 unspecified atom stereocenters. The van der Waals surface area contributed by atoms with Crippen LogP contribution in [0.4, 0.5) is 4.79 Å². The summed E-state index contributed by atoms with van der Waals surface area (Å²) in [6.45, 7) is 6.15. The fraction of sp³-hybridized carbons (Fsp3) is 0.429. The summed E-state index contributed by atoms with van der Waals surface area (Å²) in [5.41, 5.74) is 3.78. The van der Waals surface area contributed by atoms with Crippen molar-refractivity contribution >= 4 is 17.0 Å². The van der Waals surface area contributed by atoms with Crippen molar-refractivity contribution in [3.63, 3.8) is 0 Å². The van der Waals surface area contributed by atoms with Gasteiger partial charge in [-0.2, -0.15) is 0 Å². The van der Waals surface area contributed by atoms with E-state index < -0.39 is 0 Å². The predicted molar refractivity (Wildman–Crippen MR) is 132 cm³/mol. The number of para-hydroxylation sites is 1. The van der Waals surface area contributed by atoms with Crippen molar-refractivity contribution in [1.29, 1.82) is 0 Å². The minimum atomic E-state index is -0.258. The minimum Gasteiger partial charge on any atom is -0.488 e. The number of carbonyl (C=O) groups excluding carboxylic acids is 1. The Morgan fingerprint density at radius 1 is 1.00 bits per heavy atom. The number of nitrogens with zero attached hydrogens (tertiary/aromatic N) is 2. The number of hydrogen-bond donors (Lipinski definition) is 0. The lowest BCUT2D eigenvalue weighted by Crippen LogP contribution is -2.41. The van der Waals surface area contributed by atoms with E-state index in [2.05, 4.69) is 12.1 Å². The first-order valence-corrected chi connectivity index (χ1v) is 12.3. The van der Waals surface area contributed by atoms with E-state index >= 15 is 0 Å². The number of fused-ring (bicyclic) bond motifs is 1. The van der Waals surface area contributed by atoms with Gasteiger partial charge in [0, 0.05) is 29.5 Å². The van der Waals surface area contributed by atoms with E-state index in [1.807, 2.05) is 49.4 Å². The Morgan fingerprint density at radius 3 is 2.51 bits per heavy atom. The summed E-state index contributed by atoms with van der Waals surface area (Å²) < 4.78 is 23.3. The average molecular weight is 477 g/mol. The molecule has 184 valence electrons. The third-order valence-corrected chi connectivity index (χ3v) is 6.78. The van der Waals surface area contributed by atoms with E-state index in [9.17, 15) is 4.79 Å². The van der Waals surface area contributed by atoms with Crippen LogP contribution in [-0.2, 0) is 27.4 Å². The van der Waals surface area contributed by atoms with Gasteiger partial charge in [-0.1, -0.05) is 42.5 Å². The van der Waals surface area contributed by atoms with Gasteiger partial charge in [-0.3, -0.25) is 0 Å². The Balaban J connectivity index is 1.21. The van der Waals surface area contributed by atoms with Gasteiger partial charge < -0.3 is 23.8 Å². The molecule has 1 saturated heterocycles. The van der Waals surface area contributed by atoms with E-state index in [-0.39, 0.29) is 11.5 Å². The number of ether oxygens (including phenoxy) is 4. The SMILES string of the molecule is Cc1c(COCC2(COC(=O)N3CCOCC3)CC2)nc2ccccc2c1OCc1ccccc1. The molecule has 7 heteroatoms. The molecule has 2 heterocycles. The molecule has 1 saturated carbocycles. The van der Waals surface area contributed by atoms with Gasteiger partial charge in [0.05, 0.1) is 37.6 Å². The van der Waals surface area contributed by atoms with E-state index in [0.717, 1.165) is 46.3 Å². The molecule has 5 rings (SSSR count). The second-order valence-corrected chi connectivity index (χ2v) is 9.45. The highest BCUT2D eigenvalue weighted by atomic mass is 16.6. The summed E-state index contributed by atoms with van der Waals surface area (Å²) >= 11 is 0. The first-order valence-electron chi connectivity index (χ1n) is 12.3. The van der Waals surface area contributed by atoms with E-state index in [1.54, 1.807) is 4.90 Å². The molecule has 1 aliphatic heterocycles. The second-order valence-electron chi connectivity index (χ2n) is 9.45. The highest BCUT2D eigenvalue weighted by Gasteiger charge is 2.44. The lowest BCUT2D eigenvalue weighted by atomic mass is 10.1. The lowest BCUT2D eigenvalue weighted by Gasteiger charge is -2.27. The lowest BCUT2D eigenvalue weighted by molar-refractivity contribution is 0.00711. The van der Waals surface area contributed by atoms with Gasteiger partial charge in [0.15, 0.2) is 0 Å². The van der Waals surface area contributed by atoms with Gasteiger partial charge >= 0.3 is 6.09 Å². The summed E-state index contributed by atoms with van der Waals surface area (Å²) in [5, 5.41) is 0.998. The molecule has 2 aliphatic rings. The minimum absolute atomic E-state index is 0.0840. The molecular formula is C28H32N2O5. The number of aromatic nitrogens is 1. The van der Waals surface area contributed by atoms with Crippen molar-refractivity contribution in [3.8, 4) is 5.75 Å². The number of rotatable bonds is 9. The molecule has 0 radical (unpaired) electrons. The first-order chi connectivity index (χ1) is 17.1. The monoisotopic (exact) mass is 476 g/mol. The molecular weight excluding hydrogens is 444 g/mol. The van der Waals surface area contributed by atoms with Crippen LogP contribution in [-0.4, -0.2) is 55.5 Å². The molecule has 7 nitrogen and oxygen atoms in total. The van der Waals surface area contributed by atoms with Gasteiger partial charge in [-0.15, -0.1) is 0 Å². The largest absolute Gasteiger partial charge is 0.488 e. The third-order valence-electron chi connectivity index (χ3n) is 6.78. The van der Waals surface area contributed by atoms with Gasteiger partial charge in [-0.05, 0) is 37.5 Å². The zero-order valence-electron chi connectivity index (χ0n) is 20.2. The van der Waals surface area contributed by atoms with Gasteiger partial charge in [-0.25, -0.2) is 9.78 Å². The average Bonchev–Trinajstić information content (AvgIpc) is 3.68. The Bertz CT molecular complexity index is 1160. The van der Waals surface area contributed by atoms with Crippen LogP contribution in [0.3, 0.4) is 0 Å². The molecule has 0 bridgehead atoms. The quantitative estimate of drug-likeness (QED) is 0.438. The predicted octanol–water partition coefficient (Wildman–Crippen LogP) is 4.89. The van der Waals surface area contributed by atoms with E-state index in [0.29, 0.717) is 52.7 Å². The zero-order valence-corrected chi connectivity index (χ0v) is 20.2. The van der Waals surface area contributed by atoms with Crippen LogP contribution in [0.25, 0.3) is 10.9 Å². The van der Waals surface area contributed by atoms with Crippen molar-refractivity contribution in [2.24, 2.45) is 5.41 Å². The Hall–Kier alpha value is -3.16. The summed E-state index contributed by atoms with van der Waals surface area (Å²) in [6.07, 6.45) is 1.74. The summed E-state index contributed by atoms with van der Waals surface area (Å²) in [5.74, 6) is 0.846. The topological polar surface area (TPSA) is 70.1 Å². The van der Waals surface area contributed by atoms with Gasteiger partial charge in [0.1, 0.15) is 19.0 Å². The summed E-state index contributed by atoms with van der Waals surface area (Å²) in [4.78, 5) is 18.9. The van der Waals surface area contributed by atoms with Crippen LogP contribution >= 0.6 is 0 Å². The van der Waals surface area contributed by atoms with Gasteiger partial charge in [0.2, 0.25) is 0 Å². The maximum atomic E-state index is 12.3. The molecule has 0 spiro atoms. The normalized spacial score (nSPS) is 16.8. The van der Waals surface area contributed by atoms with Crippen LogP contribution in [0.2, 0.25) is 0 Å².